The van der Waals surface area contributed by atoms with Crippen molar-refractivity contribution in [3.63, 3.8) is 0 Å². The number of halogens is 3. The van der Waals surface area contributed by atoms with Gasteiger partial charge in [0, 0.05) is 51.7 Å². The molecule has 2 saturated heterocycles. The molecular formula is C34H45Cl3N10O4. The summed E-state index contributed by atoms with van der Waals surface area (Å²) in [4.78, 5) is 52.9. The van der Waals surface area contributed by atoms with E-state index in [1.54, 1.807) is 18.7 Å². The number of ether oxygens (including phenoxy) is 2. The van der Waals surface area contributed by atoms with Crippen LogP contribution in [0.4, 0.5) is 15.4 Å². The highest BCUT2D eigenvalue weighted by atomic mass is 35.5. The number of H-pyrrole nitrogens is 2. The summed E-state index contributed by atoms with van der Waals surface area (Å²) in [7, 11) is 0. The Kier molecular flexibility index (Phi) is 10.3. The van der Waals surface area contributed by atoms with E-state index in [0.717, 1.165) is 68.7 Å². The average Bonchev–Trinajstić information content (AvgIpc) is 3.92. The van der Waals surface area contributed by atoms with Crippen LogP contribution in [0, 0.1) is 0 Å². The molecule has 0 bridgehead atoms. The molecule has 17 heteroatoms. The number of hydrogen-bond donors (Lipinski definition) is 3. The van der Waals surface area contributed by atoms with E-state index in [4.69, 9.17) is 44.3 Å². The number of amides is 2. The number of anilines is 1. The van der Waals surface area contributed by atoms with Gasteiger partial charge in [-0.15, -0.1) is 0 Å². The number of carbonyl (C=O) groups excluding carboxylic acids is 2. The van der Waals surface area contributed by atoms with Crippen LogP contribution in [0.2, 0.25) is 15.2 Å². The van der Waals surface area contributed by atoms with Gasteiger partial charge in [-0.2, -0.15) is 0 Å². The molecule has 0 unspecified atom stereocenters. The minimum Gasteiger partial charge on any atom is -0.444 e. The van der Waals surface area contributed by atoms with Crippen LogP contribution >= 0.6 is 34.8 Å². The lowest BCUT2D eigenvalue weighted by Gasteiger charge is -2.42. The van der Waals surface area contributed by atoms with Crippen molar-refractivity contribution in [1.29, 1.82) is 0 Å². The highest BCUT2D eigenvalue weighted by molar-refractivity contribution is 6.41. The molecule has 0 radical (unpaired) electrons. The number of nitrogens with one attached hydrogen (secondary N) is 3. The quantitative estimate of drug-likeness (QED) is 0.176. The maximum atomic E-state index is 12.6. The topological polar surface area (TPSA) is 157 Å². The summed E-state index contributed by atoms with van der Waals surface area (Å²) in [5, 5.41) is 6.39. The number of carbonyl (C=O) groups is 2. The van der Waals surface area contributed by atoms with Crippen molar-refractivity contribution in [2.45, 2.75) is 89.5 Å². The lowest BCUT2D eigenvalue weighted by atomic mass is 10.1. The van der Waals surface area contributed by atoms with Gasteiger partial charge in [0.05, 0.1) is 31.9 Å². The Labute approximate surface area is 311 Å². The van der Waals surface area contributed by atoms with Gasteiger partial charge in [0.2, 0.25) is 0 Å². The van der Waals surface area contributed by atoms with E-state index in [-0.39, 0.29) is 23.3 Å². The maximum Gasteiger partial charge on any atom is 0.410 e. The van der Waals surface area contributed by atoms with E-state index in [1.165, 1.54) is 6.33 Å². The van der Waals surface area contributed by atoms with Crippen LogP contribution in [-0.4, -0.2) is 113 Å². The van der Waals surface area contributed by atoms with Gasteiger partial charge in [-0.25, -0.2) is 29.5 Å². The molecule has 4 aromatic rings. The monoisotopic (exact) mass is 762 g/mol. The molecule has 2 saturated carbocycles. The number of hydrogen-bond acceptors (Lipinski definition) is 10. The Morgan fingerprint density at radius 1 is 0.725 bits per heavy atom. The first-order chi connectivity index (χ1) is 24.0. The van der Waals surface area contributed by atoms with Crippen LogP contribution < -0.4 is 10.2 Å². The van der Waals surface area contributed by atoms with Gasteiger partial charge in [0.25, 0.3) is 0 Å². The fourth-order valence-corrected chi connectivity index (χ4v) is 7.15. The molecule has 0 atom stereocenters. The molecule has 3 N–H and O–H groups in total. The number of piperazine rings is 2. The minimum absolute atomic E-state index is 0.0839. The zero-order chi connectivity index (χ0) is 36.8. The number of aromatic nitrogens is 6. The van der Waals surface area contributed by atoms with Crippen LogP contribution in [0.5, 0.6) is 0 Å². The predicted molar refractivity (Wildman–Crippen MR) is 198 cm³/mol. The van der Waals surface area contributed by atoms with Gasteiger partial charge in [-0.3, -0.25) is 9.80 Å². The van der Waals surface area contributed by atoms with Gasteiger partial charge in [0.1, 0.15) is 46.1 Å². The predicted octanol–water partition coefficient (Wildman–Crippen LogP) is 6.83. The Bertz CT molecular complexity index is 1890. The summed E-state index contributed by atoms with van der Waals surface area (Å²) in [6, 6.07) is 0. The van der Waals surface area contributed by atoms with Gasteiger partial charge in [-0.05, 0) is 67.2 Å². The first-order valence-corrected chi connectivity index (χ1v) is 18.2. The molecule has 4 aromatic heterocycles. The molecule has 8 rings (SSSR count). The van der Waals surface area contributed by atoms with E-state index < -0.39 is 11.2 Å². The summed E-state index contributed by atoms with van der Waals surface area (Å²) in [5.74, 6) is 0.825. The molecule has 4 aliphatic rings. The fourth-order valence-electron chi connectivity index (χ4n) is 6.41. The number of nitrogens with zero attached hydrogens (tertiary/aromatic N) is 7. The molecule has 0 aromatic carbocycles. The van der Waals surface area contributed by atoms with Gasteiger partial charge < -0.3 is 29.7 Å². The SMILES string of the molecule is CC(C)(C)OC(=O)N1CCN(c2ncnc3[nH]cc(Cl)c23)CC12CC2.CC(C)(C)OC(=O)N1CCNCC12CC2.Clc1c[nH]c2ncnc(Cl)c12. The van der Waals surface area contributed by atoms with Gasteiger partial charge in [-0.1, -0.05) is 34.8 Å². The van der Waals surface area contributed by atoms with Crippen molar-refractivity contribution in [2.24, 2.45) is 0 Å². The van der Waals surface area contributed by atoms with Crippen molar-refractivity contribution in [2.75, 3.05) is 44.2 Å². The molecular weight excluding hydrogens is 719 g/mol. The molecule has 2 aliphatic carbocycles. The largest absolute Gasteiger partial charge is 0.444 e. The Morgan fingerprint density at radius 3 is 1.80 bits per heavy atom. The maximum absolute atomic E-state index is 12.6. The van der Waals surface area contributed by atoms with Crippen molar-refractivity contribution in [3.8, 4) is 0 Å². The fraction of sp³-hybridized carbons (Fsp3) is 0.588. The molecule has 6 heterocycles. The normalized spacial score (nSPS) is 19.0. The lowest BCUT2D eigenvalue weighted by Crippen LogP contribution is -2.58. The summed E-state index contributed by atoms with van der Waals surface area (Å²) >= 11 is 17.8. The highest BCUT2D eigenvalue weighted by Crippen LogP contribution is 2.46. The molecule has 2 amide bonds. The van der Waals surface area contributed by atoms with E-state index in [2.05, 4.69) is 40.1 Å². The number of aromatic amines is 2. The van der Waals surface area contributed by atoms with Crippen molar-refractivity contribution < 1.29 is 19.1 Å². The average molecular weight is 764 g/mol. The molecule has 276 valence electrons. The smallest absolute Gasteiger partial charge is 0.410 e. The van der Waals surface area contributed by atoms with Crippen LogP contribution in [0.3, 0.4) is 0 Å². The summed E-state index contributed by atoms with van der Waals surface area (Å²) in [5.41, 5.74) is 0.450. The third kappa shape index (κ3) is 8.40. The lowest BCUT2D eigenvalue weighted by molar-refractivity contribution is 0.00796. The number of rotatable bonds is 1. The van der Waals surface area contributed by atoms with Crippen LogP contribution in [0.1, 0.15) is 67.2 Å². The first-order valence-electron chi connectivity index (χ1n) is 17.1. The standard InChI is InChI=1S/C17H22ClN5O2.C11H20N2O2.C6H3Cl2N3/c1-16(2,3)25-15(24)23-7-6-22(9-17(23)4-5-17)14-12-11(18)8-19-13(12)20-10-21-14;1-10(2,3)15-9(14)13-7-6-12-8-11(13)4-5-11;7-3-1-9-6-4(3)5(8)10-2-11-6/h8,10H,4-7,9H2,1-3H3,(H,19,20,21);12H,4-8H2,1-3H3;1-2H,(H,9,10,11). The van der Waals surface area contributed by atoms with Crippen LogP contribution in [0.15, 0.2) is 25.0 Å². The van der Waals surface area contributed by atoms with Crippen molar-refractivity contribution in [1.82, 2.24) is 45.0 Å². The zero-order valence-electron chi connectivity index (χ0n) is 29.8. The van der Waals surface area contributed by atoms with E-state index in [0.29, 0.717) is 39.3 Å². The molecule has 2 spiro atoms. The Hall–Kier alpha value is -3.59. The summed E-state index contributed by atoms with van der Waals surface area (Å²) < 4.78 is 11.0. The third-order valence-electron chi connectivity index (χ3n) is 9.15. The molecule has 2 aliphatic heterocycles. The van der Waals surface area contributed by atoms with Gasteiger partial charge >= 0.3 is 12.2 Å². The van der Waals surface area contributed by atoms with Crippen LogP contribution in [-0.2, 0) is 9.47 Å². The van der Waals surface area contributed by atoms with E-state index in [9.17, 15) is 9.59 Å². The minimum atomic E-state index is -0.484. The second-order valence-electron chi connectivity index (χ2n) is 15.4. The van der Waals surface area contributed by atoms with Crippen LogP contribution in [0.25, 0.3) is 22.1 Å². The summed E-state index contributed by atoms with van der Waals surface area (Å²) in [6.07, 6.45) is 10.1. The Morgan fingerprint density at radius 2 is 1.25 bits per heavy atom. The zero-order valence-corrected chi connectivity index (χ0v) is 32.0. The molecule has 4 fully saturated rings. The van der Waals surface area contributed by atoms with Crippen molar-refractivity contribution >= 4 is 74.9 Å². The molecule has 14 nitrogen and oxygen atoms in total. The summed E-state index contributed by atoms with van der Waals surface area (Å²) in [6.45, 7) is 16.0. The Balaban J connectivity index is 0.000000146. The number of fused-ring (bicyclic) bond motifs is 2. The molecule has 51 heavy (non-hydrogen) atoms. The first kappa shape index (κ1) is 37.2. The third-order valence-corrected chi connectivity index (χ3v) is 10.0. The van der Waals surface area contributed by atoms with E-state index >= 15 is 0 Å². The second kappa shape index (κ2) is 14.1. The van der Waals surface area contributed by atoms with Gasteiger partial charge in [0.15, 0.2) is 0 Å². The second-order valence-corrected chi connectivity index (χ2v) is 16.6. The highest BCUT2D eigenvalue weighted by Gasteiger charge is 2.55. The van der Waals surface area contributed by atoms with Crippen molar-refractivity contribution in [3.05, 3.63) is 40.2 Å². The van der Waals surface area contributed by atoms with E-state index in [1.807, 2.05) is 51.3 Å².